The lowest BCUT2D eigenvalue weighted by molar-refractivity contribution is -0.385. The molecule has 0 spiro atoms. The largest absolute Gasteiger partial charge is 0.389 e. The molecule has 0 aliphatic carbocycles. The number of halogens is 4. The maximum absolute atomic E-state index is 13.0. The summed E-state index contributed by atoms with van der Waals surface area (Å²) in [5.41, 5.74) is -0.364. The zero-order valence-corrected chi connectivity index (χ0v) is 9.13. The summed E-state index contributed by atoms with van der Waals surface area (Å²) in [5.74, 6) is -0.817. The Balaban J connectivity index is 2.55. The van der Waals surface area contributed by atoms with Crippen LogP contribution in [0.5, 0.6) is 0 Å². The maximum Gasteiger partial charge on any atom is 0.389 e. The van der Waals surface area contributed by atoms with Gasteiger partial charge in [-0.1, -0.05) is 0 Å². The summed E-state index contributed by atoms with van der Waals surface area (Å²) >= 11 is 0. The summed E-state index contributed by atoms with van der Waals surface area (Å²) in [4.78, 5) is 9.66. The molecule has 1 rings (SSSR count). The van der Waals surface area contributed by atoms with Crippen LogP contribution in [-0.4, -0.2) is 17.6 Å². The van der Waals surface area contributed by atoms with E-state index in [1.165, 1.54) is 0 Å². The zero-order chi connectivity index (χ0) is 13.8. The van der Waals surface area contributed by atoms with Crippen LogP contribution in [0.25, 0.3) is 0 Å². The molecular weight excluding hydrogens is 256 g/mol. The van der Waals surface area contributed by atoms with E-state index in [0.717, 1.165) is 18.2 Å². The van der Waals surface area contributed by atoms with Crippen LogP contribution in [0, 0.1) is 15.9 Å². The summed E-state index contributed by atoms with van der Waals surface area (Å²) in [5, 5.41) is 12.9. The first kappa shape index (κ1) is 14.2. The second kappa shape index (κ2) is 5.65. The topological polar surface area (TPSA) is 55.2 Å². The third kappa shape index (κ3) is 4.98. The van der Waals surface area contributed by atoms with E-state index >= 15 is 0 Å². The third-order valence-electron chi connectivity index (χ3n) is 2.06. The summed E-state index contributed by atoms with van der Waals surface area (Å²) in [6.07, 6.45) is -5.39. The van der Waals surface area contributed by atoms with Crippen molar-refractivity contribution in [1.82, 2.24) is 0 Å². The van der Waals surface area contributed by atoms with Gasteiger partial charge in [-0.25, -0.2) is 4.39 Å². The van der Waals surface area contributed by atoms with E-state index in [1.54, 1.807) is 0 Å². The molecule has 8 heteroatoms. The minimum atomic E-state index is -4.24. The van der Waals surface area contributed by atoms with Crippen LogP contribution in [0.15, 0.2) is 18.2 Å². The first-order valence-corrected chi connectivity index (χ1v) is 5.03. The number of rotatable bonds is 5. The highest BCUT2D eigenvalue weighted by Gasteiger charge is 2.25. The van der Waals surface area contributed by atoms with Crippen molar-refractivity contribution in [3.05, 3.63) is 34.1 Å². The van der Waals surface area contributed by atoms with E-state index in [-0.39, 0.29) is 18.7 Å². The number of nitrogens with one attached hydrogen (secondary N) is 1. The van der Waals surface area contributed by atoms with Gasteiger partial charge in [0.05, 0.1) is 11.0 Å². The molecule has 100 valence electrons. The average molecular weight is 266 g/mol. The predicted molar refractivity (Wildman–Crippen MR) is 56.8 cm³/mol. The van der Waals surface area contributed by atoms with Crippen LogP contribution >= 0.6 is 0 Å². The number of alkyl halides is 3. The molecule has 1 N–H and O–H groups in total. The first-order chi connectivity index (χ1) is 8.28. The van der Waals surface area contributed by atoms with Crippen LogP contribution in [0.3, 0.4) is 0 Å². The van der Waals surface area contributed by atoms with Crippen molar-refractivity contribution >= 4 is 11.4 Å². The average Bonchev–Trinajstić information content (AvgIpc) is 2.22. The molecule has 0 aromatic heterocycles. The van der Waals surface area contributed by atoms with Gasteiger partial charge in [0, 0.05) is 24.7 Å². The number of hydrogen-bond acceptors (Lipinski definition) is 3. The normalized spacial score (nSPS) is 11.3. The number of nitro benzene ring substituents is 1. The van der Waals surface area contributed by atoms with E-state index in [9.17, 15) is 27.7 Å². The highest BCUT2D eigenvalue weighted by atomic mass is 19.4. The van der Waals surface area contributed by atoms with Gasteiger partial charge in [-0.15, -0.1) is 0 Å². The highest BCUT2D eigenvalue weighted by molar-refractivity contribution is 5.51. The second-order valence-corrected chi connectivity index (χ2v) is 3.60. The number of nitrogens with zero attached hydrogens (tertiary/aromatic N) is 1. The number of hydrogen-bond donors (Lipinski definition) is 1. The van der Waals surface area contributed by atoms with Crippen molar-refractivity contribution in [3.8, 4) is 0 Å². The van der Waals surface area contributed by atoms with Crippen LogP contribution in [-0.2, 0) is 0 Å². The Bertz CT molecular complexity index is 434. The predicted octanol–water partition coefficient (Wildman–Crippen LogP) is 3.49. The molecule has 0 fully saturated rings. The van der Waals surface area contributed by atoms with Crippen molar-refractivity contribution in [3.63, 3.8) is 0 Å². The van der Waals surface area contributed by atoms with Crippen molar-refractivity contribution in [2.75, 3.05) is 11.9 Å². The molecule has 0 atom stereocenters. The lowest BCUT2D eigenvalue weighted by atomic mass is 10.2. The summed E-state index contributed by atoms with van der Waals surface area (Å²) in [6.45, 7) is -0.0415. The number of anilines is 1. The molecule has 0 saturated carbocycles. The van der Waals surface area contributed by atoms with E-state index in [1.807, 2.05) is 0 Å². The summed E-state index contributed by atoms with van der Waals surface area (Å²) in [6, 6.07) is 2.79. The number of nitro groups is 1. The van der Waals surface area contributed by atoms with Gasteiger partial charge in [0.15, 0.2) is 0 Å². The van der Waals surface area contributed by atoms with Gasteiger partial charge in [0.1, 0.15) is 5.82 Å². The molecule has 1 aromatic rings. The third-order valence-corrected chi connectivity index (χ3v) is 2.06. The van der Waals surface area contributed by atoms with Crippen LogP contribution < -0.4 is 5.32 Å². The Labute approximate surface area is 99.8 Å². The number of non-ortho nitro benzene ring substituents is 1. The van der Waals surface area contributed by atoms with E-state index in [0.29, 0.717) is 0 Å². The van der Waals surface area contributed by atoms with Gasteiger partial charge in [0.2, 0.25) is 0 Å². The Morgan fingerprint density at radius 2 is 1.94 bits per heavy atom. The fourth-order valence-electron chi connectivity index (χ4n) is 1.30. The molecule has 0 heterocycles. The Hall–Kier alpha value is -1.86. The van der Waals surface area contributed by atoms with E-state index in [4.69, 9.17) is 0 Å². The van der Waals surface area contributed by atoms with E-state index < -0.39 is 29.0 Å². The van der Waals surface area contributed by atoms with Gasteiger partial charge in [-0.05, 0) is 12.5 Å². The highest BCUT2D eigenvalue weighted by Crippen LogP contribution is 2.22. The molecule has 0 bridgehead atoms. The fraction of sp³-hybridized carbons (Fsp3) is 0.400. The molecular formula is C10H10F4N2O2. The van der Waals surface area contributed by atoms with Crippen LogP contribution in [0.2, 0.25) is 0 Å². The zero-order valence-electron chi connectivity index (χ0n) is 9.13. The minimum absolute atomic E-state index is 0.0415. The smallest absolute Gasteiger partial charge is 0.385 e. The second-order valence-electron chi connectivity index (χ2n) is 3.60. The SMILES string of the molecule is O=[N+]([O-])c1cc(F)cc(NCCCC(F)(F)F)c1. The molecule has 1 aromatic carbocycles. The number of benzene rings is 1. The van der Waals surface area contributed by atoms with Gasteiger partial charge < -0.3 is 5.32 Å². The quantitative estimate of drug-likeness (QED) is 0.384. The summed E-state index contributed by atoms with van der Waals surface area (Å²) < 4.78 is 48.5. The minimum Gasteiger partial charge on any atom is -0.385 e. The maximum atomic E-state index is 13.0. The lowest BCUT2D eigenvalue weighted by Crippen LogP contribution is -2.11. The molecule has 0 saturated heterocycles. The van der Waals surface area contributed by atoms with Gasteiger partial charge in [0.25, 0.3) is 5.69 Å². The molecule has 0 aliphatic heterocycles. The van der Waals surface area contributed by atoms with Crippen LogP contribution in [0.1, 0.15) is 12.8 Å². The van der Waals surface area contributed by atoms with Crippen molar-refractivity contribution in [2.24, 2.45) is 0 Å². The van der Waals surface area contributed by atoms with Crippen molar-refractivity contribution in [2.45, 2.75) is 19.0 Å². The fourth-order valence-corrected chi connectivity index (χ4v) is 1.30. The molecule has 0 unspecified atom stereocenters. The van der Waals surface area contributed by atoms with Crippen molar-refractivity contribution in [1.29, 1.82) is 0 Å². The Morgan fingerprint density at radius 3 is 2.50 bits per heavy atom. The Kier molecular flexibility index (Phi) is 4.46. The van der Waals surface area contributed by atoms with Gasteiger partial charge in [-0.3, -0.25) is 10.1 Å². The van der Waals surface area contributed by atoms with Crippen molar-refractivity contribution < 1.29 is 22.5 Å². The van der Waals surface area contributed by atoms with Gasteiger partial charge >= 0.3 is 6.18 Å². The molecule has 0 radical (unpaired) electrons. The van der Waals surface area contributed by atoms with Gasteiger partial charge in [-0.2, -0.15) is 13.2 Å². The summed E-state index contributed by atoms with van der Waals surface area (Å²) in [7, 11) is 0. The first-order valence-electron chi connectivity index (χ1n) is 5.03. The molecule has 0 aliphatic rings. The molecule has 0 amide bonds. The standard InChI is InChI=1S/C10H10F4N2O2/c11-7-4-8(6-9(5-7)16(17)18)15-3-1-2-10(12,13)14/h4-6,15H,1-3H2. The monoisotopic (exact) mass is 266 g/mol. The van der Waals surface area contributed by atoms with Crippen LogP contribution in [0.4, 0.5) is 28.9 Å². The molecule has 18 heavy (non-hydrogen) atoms. The van der Waals surface area contributed by atoms with E-state index in [2.05, 4.69) is 5.32 Å². The lowest BCUT2D eigenvalue weighted by Gasteiger charge is -2.08. The Morgan fingerprint density at radius 1 is 1.28 bits per heavy atom. The molecule has 4 nitrogen and oxygen atoms in total.